The van der Waals surface area contributed by atoms with E-state index in [-0.39, 0.29) is 5.41 Å². The van der Waals surface area contributed by atoms with Gasteiger partial charge in [0.25, 0.3) is 0 Å². The Balaban J connectivity index is 1.92. The van der Waals surface area contributed by atoms with Crippen molar-refractivity contribution in [2.24, 2.45) is 0 Å². The van der Waals surface area contributed by atoms with Gasteiger partial charge in [-0.25, -0.2) is 0 Å². The molecule has 30 heavy (non-hydrogen) atoms. The van der Waals surface area contributed by atoms with Crippen molar-refractivity contribution >= 4 is 10.8 Å². The number of aliphatic hydroxyl groups excluding tert-OH is 2. The van der Waals surface area contributed by atoms with Gasteiger partial charge in [0.15, 0.2) is 0 Å². The van der Waals surface area contributed by atoms with Crippen molar-refractivity contribution in [1.82, 2.24) is 0 Å². The lowest BCUT2D eigenvalue weighted by Gasteiger charge is -2.30. The normalized spacial score (nSPS) is 24.1. The number of hydrogen-bond acceptors (Lipinski definition) is 4. The molecule has 164 valence electrons. The largest absolute Gasteiger partial charge is 0.490 e. The quantitative estimate of drug-likeness (QED) is 0.591. The minimum Gasteiger partial charge on any atom is -0.490 e. The lowest BCUT2D eigenvalue weighted by molar-refractivity contribution is 0.102. The fourth-order valence-corrected chi connectivity index (χ4v) is 5.32. The SMILES string of the molecule is CCc1ccc2c(OCC(O)CC)c3c(c(OCC(O)CC)c2c1)C1CCC3(C)C1. The first kappa shape index (κ1) is 21.5. The first-order valence-electron chi connectivity index (χ1n) is 11.7. The summed E-state index contributed by atoms with van der Waals surface area (Å²) in [6.45, 7) is 9.08. The maximum absolute atomic E-state index is 10.2. The summed E-state index contributed by atoms with van der Waals surface area (Å²) >= 11 is 0. The monoisotopic (exact) mass is 412 g/mol. The van der Waals surface area contributed by atoms with E-state index in [0.29, 0.717) is 32.0 Å². The molecule has 0 radical (unpaired) electrons. The summed E-state index contributed by atoms with van der Waals surface area (Å²) in [5, 5.41) is 22.5. The van der Waals surface area contributed by atoms with Crippen LogP contribution in [-0.2, 0) is 11.8 Å². The summed E-state index contributed by atoms with van der Waals surface area (Å²) in [5.74, 6) is 2.36. The van der Waals surface area contributed by atoms with Crippen LogP contribution >= 0.6 is 0 Å². The molecule has 2 aliphatic carbocycles. The van der Waals surface area contributed by atoms with E-state index in [0.717, 1.165) is 41.5 Å². The number of rotatable bonds is 9. The molecule has 2 aromatic carbocycles. The highest BCUT2D eigenvalue weighted by molar-refractivity contribution is 5.98. The third-order valence-electron chi connectivity index (χ3n) is 7.26. The molecule has 0 saturated heterocycles. The van der Waals surface area contributed by atoms with Crippen LogP contribution in [0.2, 0.25) is 0 Å². The molecule has 2 bridgehead atoms. The Kier molecular flexibility index (Phi) is 6.00. The van der Waals surface area contributed by atoms with Crippen LogP contribution in [0.1, 0.15) is 82.4 Å². The summed E-state index contributed by atoms with van der Waals surface area (Å²) < 4.78 is 12.7. The molecule has 0 aliphatic heterocycles. The van der Waals surface area contributed by atoms with Gasteiger partial charge in [0.1, 0.15) is 24.7 Å². The molecule has 4 atom stereocenters. The lowest BCUT2D eigenvalue weighted by atomic mass is 9.78. The summed E-state index contributed by atoms with van der Waals surface area (Å²) in [6, 6.07) is 6.54. The third kappa shape index (κ3) is 3.58. The Hall–Kier alpha value is -1.78. The second kappa shape index (κ2) is 8.39. The average molecular weight is 413 g/mol. The summed E-state index contributed by atoms with van der Waals surface area (Å²) in [7, 11) is 0. The fourth-order valence-electron chi connectivity index (χ4n) is 5.32. The molecule has 4 unspecified atom stereocenters. The molecule has 4 rings (SSSR count). The Morgan fingerprint density at radius 1 is 1.00 bits per heavy atom. The number of benzene rings is 2. The molecule has 0 heterocycles. The molecule has 1 saturated carbocycles. The molecular weight excluding hydrogens is 376 g/mol. The van der Waals surface area contributed by atoms with Gasteiger partial charge in [-0.3, -0.25) is 0 Å². The van der Waals surface area contributed by atoms with Crippen molar-refractivity contribution in [3.63, 3.8) is 0 Å². The first-order valence-corrected chi connectivity index (χ1v) is 11.7. The third-order valence-corrected chi connectivity index (χ3v) is 7.26. The van der Waals surface area contributed by atoms with Gasteiger partial charge in [-0.1, -0.05) is 39.8 Å². The predicted octanol–water partition coefficient (Wildman–Crippen LogP) is 5.24. The van der Waals surface area contributed by atoms with E-state index in [1.54, 1.807) is 0 Å². The van der Waals surface area contributed by atoms with Crippen molar-refractivity contribution in [2.75, 3.05) is 13.2 Å². The predicted molar refractivity (Wildman–Crippen MR) is 121 cm³/mol. The highest BCUT2D eigenvalue weighted by Gasteiger charge is 2.50. The van der Waals surface area contributed by atoms with Gasteiger partial charge in [-0.15, -0.1) is 0 Å². The number of aryl methyl sites for hydroxylation is 1. The van der Waals surface area contributed by atoms with Gasteiger partial charge in [0.2, 0.25) is 0 Å². The number of hydrogen-bond donors (Lipinski definition) is 2. The number of fused-ring (bicyclic) bond motifs is 6. The van der Waals surface area contributed by atoms with E-state index in [4.69, 9.17) is 9.47 Å². The van der Waals surface area contributed by atoms with Crippen molar-refractivity contribution in [2.45, 2.75) is 89.8 Å². The number of ether oxygens (including phenoxy) is 2. The Morgan fingerprint density at radius 3 is 2.30 bits per heavy atom. The zero-order valence-corrected chi connectivity index (χ0v) is 18.8. The first-order chi connectivity index (χ1) is 14.4. The van der Waals surface area contributed by atoms with Gasteiger partial charge in [0.05, 0.1) is 12.2 Å². The van der Waals surface area contributed by atoms with E-state index in [2.05, 4.69) is 32.0 Å². The Morgan fingerprint density at radius 2 is 1.67 bits per heavy atom. The van der Waals surface area contributed by atoms with Gasteiger partial charge in [-0.2, -0.15) is 0 Å². The van der Waals surface area contributed by atoms with E-state index in [9.17, 15) is 10.2 Å². The summed E-state index contributed by atoms with van der Waals surface area (Å²) in [4.78, 5) is 0. The van der Waals surface area contributed by atoms with Gasteiger partial charge in [-0.05, 0) is 61.5 Å². The zero-order chi connectivity index (χ0) is 21.5. The highest BCUT2D eigenvalue weighted by atomic mass is 16.5. The topological polar surface area (TPSA) is 58.9 Å². The maximum atomic E-state index is 10.2. The van der Waals surface area contributed by atoms with Crippen LogP contribution in [0.4, 0.5) is 0 Å². The van der Waals surface area contributed by atoms with Crippen LogP contribution in [0, 0.1) is 0 Å². The molecule has 0 aromatic heterocycles. The fraction of sp³-hybridized carbons (Fsp3) is 0.615. The molecular formula is C26H36O4. The minimum absolute atomic E-state index is 0.0889. The Bertz CT molecular complexity index is 921. The van der Waals surface area contributed by atoms with E-state index in [1.807, 2.05) is 13.8 Å². The van der Waals surface area contributed by atoms with E-state index < -0.39 is 12.2 Å². The van der Waals surface area contributed by atoms with Gasteiger partial charge < -0.3 is 19.7 Å². The van der Waals surface area contributed by atoms with Gasteiger partial charge in [0, 0.05) is 21.9 Å². The van der Waals surface area contributed by atoms with E-state index >= 15 is 0 Å². The minimum atomic E-state index is -0.465. The van der Waals surface area contributed by atoms with Crippen molar-refractivity contribution in [3.8, 4) is 11.5 Å². The van der Waals surface area contributed by atoms with Crippen LogP contribution in [0.3, 0.4) is 0 Å². The van der Waals surface area contributed by atoms with Crippen LogP contribution in [-0.4, -0.2) is 35.6 Å². The Labute approximate surface area is 180 Å². The van der Waals surface area contributed by atoms with Crippen molar-refractivity contribution in [1.29, 1.82) is 0 Å². The molecule has 2 aliphatic rings. The van der Waals surface area contributed by atoms with Crippen LogP contribution in [0.15, 0.2) is 18.2 Å². The van der Waals surface area contributed by atoms with Crippen LogP contribution < -0.4 is 9.47 Å². The highest BCUT2D eigenvalue weighted by Crippen LogP contribution is 2.64. The lowest BCUT2D eigenvalue weighted by Crippen LogP contribution is -2.22. The molecule has 0 spiro atoms. The van der Waals surface area contributed by atoms with Crippen molar-refractivity contribution < 1.29 is 19.7 Å². The second-order valence-corrected chi connectivity index (χ2v) is 9.43. The summed E-state index contributed by atoms with van der Waals surface area (Å²) in [5.41, 5.74) is 3.91. The number of aliphatic hydroxyl groups is 2. The molecule has 4 nitrogen and oxygen atoms in total. The smallest absolute Gasteiger partial charge is 0.131 e. The molecule has 2 aromatic rings. The molecule has 4 heteroatoms. The molecule has 2 N–H and O–H groups in total. The zero-order valence-electron chi connectivity index (χ0n) is 18.8. The van der Waals surface area contributed by atoms with E-state index in [1.165, 1.54) is 23.1 Å². The second-order valence-electron chi connectivity index (χ2n) is 9.43. The molecule has 1 fully saturated rings. The van der Waals surface area contributed by atoms with Crippen LogP contribution in [0.25, 0.3) is 10.8 Å². The van der Waals surface area contributed by atoms with Crippen LogP contribution in [0.5, 0.6) is 11.5 Å². The molecule has 0 amide bonds. The van der Waals surface area contributed by atoms with Crippen molar-refractivity contribution in [3.05, 3.63) is 34.9 Å². The van der Waals surface area contributed by atoms with Gasteiger partial charge >= 0.3 is 0 Å². The maximum Gasteiger partial charge on any atom is 0.131 e. The summed E-state index contributed by atoms with van der Waals surface area (Å²) in [6.07, 6.45) is 4.84. The average Bonchev–Trinajstić information content (AvgIpc) is 3.29. The standard InChI is InChI=1S/C26H36O4/c1-5-16-8-9-20-21(12-16)24(29-14-18(27)6-2)22-17-10-11-26(4,13-17)23(22)25(20)30-15-19(28)7-3/h8-9,12,17-19,27-28H,5-7,10-11,13-15H2,1-4H3.